The number of esters is 1. The van der Waals surface area contributed by atoms with Gasteiger partial charge in [-0.15, -0.1) is 0 Å². The van der Waals surface area contributed by atoms with Crippen molar-refractivity contribution < 1.29 is 48.0 Å². The van der Waals surface area contributed by atoms with Crippen molar-refractivity contribution in [1.82, 2.24) is 20.5 Å². The van der Waals surface area contributed by atoms with Crippen LogP contribution in [0.1, 0.15) is 115 Å². The zero-order valence-corrected chi connectivity index (χ0v) is 31.4. The van der Waals surface area contributed by atoms with E-state index in [2.05, 4.69) is 10.6 Å². The maximum atomic E-state index is 14.8. The summed E-state index contributed by atoms with van der Waals surface area (Å²) < 4.78 is 29.6. The van der Waals surface area contributed by atoms with Gasteiger partial charge in [0.05, 0.1) is 35.9 Å². The minimum Gasteiger partial charge on any atom is -0.483 e. The average molecular weight is 747 g/mol. The van der Waals surface area contributed by atoms with E-state index in [-0.39, 0.29) is 44.6 Å². The SMILES string of the molecule is CCOC(=O)C12CC1C=CCCCCCC(NC(=O)OC(C)(C)C)C(=O)N1CC3(CC(O)c4c(c(C5CC5)nc5ccc6c(c45)OCO6)O3)CC1C(=O)N2. The molecule has 6 atom stereocenters. The number of aromatic nitrogens is 1. The number of aliphatic hydroxyl groups excluding tert-OH is 1. The summed E-state index contributed by atoms with van der Waals surface area (Å²) in [6.45, 7) is 7.12. The van der Waals surface area contributed by atoms with Gasteiger partial charge in [-0.05, 0) is 78.4 Å². The largest absolute Gasteiger partial charge is 0.483 e. The molecular formula is C40H50N4O10. The second-order valence-corrected chi connectivity index (χ2v) is 16.7. The summed E-state index contributed by atoms with van der Waals surface area (Å²) >= 11 is 0. The molecule has 3 N–H and O–H groups in total. The van der Waals surface area contributed by atoms with E-state index >= 15 is 0 Å². The average Bonchev–Trinajstić information content (AvgIpc) is 3.99. The third-order valence-corrected chi connectivity index (χ3v) is 11.4. The molecular weight excluding hydrogens is 696 g/mol. The third kappa shape index (κ3) is 6.70. The molecule has 1 aromatic heterocycles. The van der Waals surface area contributed by atoms with Gasteiger partial charge in [0.2, 0.25) is 18.6 Å². The van der Waals surface area contributed by atoms with Crippen molar-refractivity contribution in [3.05, 3.63) is 35.5 Å². The lowest BCUT2D eigenvalue weighted by Crippen LogP contribution is -2.57. The second kappa shape index (κ2) is 13.6. The number of benzene rings is 1. The lowest BCUT2D eigenvalue weighted by atomic mass is 9.84. The molecule has 3 amide bonds. The molecule has 8 rings (SSSR count). The van der Waals surface area contributed by atoms with Crippen LogP contribution in [0.4, 0.5) is 4.79 Å². The van der Waals surface area contributed by atoms with E-state index in [9.17, 15) is 24.3 Å². The Bertz CT molecular complexity index is 1900. The Labute approximate surface area is 314 Å². The van der Waals surface area contributed by atoms with Crippen molar-refractivity contribution >= 4 is 34.8 Å². The summed E-state index contributed by atoms with van der Waals surface area (Å²) in [5, 5.41) is 18.6. The van der Waals surface area contributed by atoms with Crippen molar-refractivity contribution in [2.45, 2.75) is 133 Å². The van der Waals surface area contributed by atoms with Gasteiger partial charge in [-0.1, -0.05) is 25.0 Å². The van der Waals surface area contributed by atoms with E-state index in [1.165, 1.54) is 4.90 Å². The number of alkyl carbamates (subject to hydrolysis) is 1. The van der Waals surface area contributed by atoms with Gasteiger partial charge >= 0.3 is 12.1 Å². The Morgan fingerprint density at radius 2 is 1.89 bits per heavy atom. The Morgan fingerprint density at radius 1 is 1.07 bits per heavy atom. The first-order chi connectivity index (χ1) is 25.8. The number of nitrogens with one attached hydrogen (secondary N) is 2. The fourth-order valence-electron chi connectivity index (χ4n) is 8.62. The molecule has 6 aliphatic rings. The number of carbonyl (C=O) groups excluding carboxylic acids is 4. The Morgan fingerprint density at radius 3 is 2.65 bits per heavy atom. The predicted molar refractivity (Wildman–Crippen MR) is 194 cm³/mol. The first kappa shape index (κ1) is 36.4. The molecule has 290 valence electrons. The second-order valence-electron chi connectivity index (χ2n) is 16.7. The van der Waals surface area contributed by atoms with Crippen molar-refractivity contribution in [3.63, 3.8) is 0 Å². The summed E-state index contributed by atoms with van der Waals surface area (Å²) in [6.07, 6.45) is 7.95. The fraction of sp³-hybridized carbons (Fsp3) is 0.625. The first-order valence-corrected chi connectivity index (χ1v) is 19.4. The van der Waals surface area contributed by atoms with E-state index in [1.54, 1.807) is 27.7 Å². The van der Waals surface area contributed by atoms with Crippen molar-refractivity contribution in [2.24, 2.45) is 5.92 Å². The number of hydrogen-bond donors (Lipinski definition) is 3. The van der Waals surface area contributed by atoms with Crippen molar-refractivity contribution in [2.75, 3.05) is 19.9 Å². The van der Waals surface area contributed by atoms with Gasteiger partial charge in [0.1, 0.15) is 34.6 Å². The number of carbonyl (C=O) groups is 4. The Balaban J connectivity index is 1.18. The topological polar surface area (TPSA) is 175 Å². The van der Waals surface area contributed by atoms with Gasteiger partial charge in [0.15, 0.2) is 11.5 Å². The van der Waals surface area contributed by atoms with Crippen LogP contribution in [0.5, 0.6) is 17.2 Å². The molecule has 4 aliphatic heterocycles. The van der Waals surface area contributed by atoms with Crippen LogP contribution in [-0.2, 0) is 23.9 Å². The van der Waals surface area contributed by atoms with Gasteiger partial charge < -0.3 is 44.3 Å². The predicted octanol–water partition coefficient (Wildman–Crippen LogP) is 4.85. The number of nitrogens with zero attached hydrogens (tertiary/aromatic N) is 2. The van der Waals surface area contributed by atoms with Gasteiger partial charge in [-0.2, -0.15) is 0 Å². The van der Waals surface area contributed by atoms with Crippen LogP contribution >= 0.6 is 0 Å². The number of hydrogen-bond acceptors (Lipinski definition) is 11. The van der Waals surface area contributed by atoms with Crippen LogP contribution in [0.15, 0.2) is 24.3 Å². The molecule has 0 bridgehead atoms. The lowest BCUT2D eigenvalue weighted by molar-refractivity contribution is -0.150. The zero-order valence-electron chi connectivity index (χ0n) is 31.4. The number of aliphatic hydroxyl groups is 1. The summed E-state index contributed by atoms with van der Waals surface area (Å²) in [6, 6.07) is 1.59. The molecule has 2 saturated carbocycles. The van der Waals surface area contributed by atoms with E-state index in [0.29, 0.717) is 53.0 Å². The smallest absolute Gasteiger partial charge is 0.408 e. The first-order valence-electron chi connectivity index (χ1n) is 19.4. The van der Waals surface area contributed by atoms with Crippen LogP contribution in [-0.4, -0.2) is 87.6 Å². The zero-order chi connectivity index (χ0) is 38.0. The normalized spacial score (nSPS) is 30.6. The van der Waals surface area contributed by atoms with Gasteiger partial charge in [-0.3, -0.25) is 9.59 Å². The number of ether oxygens (including phenoxy) is 5. The minimum absolute atomic E-state index is 0.0360. The van der Waals surface area contributed by atoms with E-state index in [0.717, 1.165) is 37.8 Å². The summed E-state index contributed by atoms with van der Waals surface area (Å²) in [7, 11) is 0. The third-order valence-electron chi connectivity index (χ3n) is 11.4. The number of rotatable bonds is 4. The van der Waals surface area contributed by atoms with Crippen LogP contribution in [0, 0.1) is 5.92 Å². The van der Waals surface area contributed by atoms with Crippen molar-refractivity contribution in [1.29, 1.82) is 0 Å². The molecule has 5 heterocycles. The van der Waals surface area contributed by atoms with Crippen molar-refractivity contribution in [3.8, 4) is 17.2 Å². The van der Waals surface area contributed by atoms with Crippen LogP contribution in [0.2, 0.25) is 0 Å². The molecule has 2 aromatic rings. The Hall–Kier alpha value is -4.59. The highest BCUT2D eigenvalue weighted by atomic mass is 16.7. The molecule has 2 aliphatic carbocycles. The number of allylic oxidation sites excluding steroid dienone is 1. The molecule has 1 spiro atoms. The van der Waals surface area contributed by atoms with E-state index in [1.807, 2.05) is 24.3 Å². The highest BCUT2D eigenvalue weighted by Crippen LogP contribution is 2.56. The molecule has 6 unspecified atom stereocenters. The Kier molecular flexibility index (Phi) is 9.17. The van der Waals surface area contributed by atoms with Gasteiger partial charge in [-0.25, -0.2) is 14.6 Å². The number of fused-ring (bicyclic) bond motifs is 7. The molecule has 1 saturated heterocycles. The quantitative estimate of drug-likeness (QED) is 0.288. The van der Waals surface area contributed by atoms with Crippen LogP contribution in [0.3, 0.4) is 0 Å². The number of amides is 3. The molecule has 14 heteroatoms. The summed E-state index contributed by atoms with van der Waals surface area (Å²) in [5.41, 5.74) is -1.29. The van der Waals surface area contributed by atoms with E-state index < -0.39 is 58.8 Å². The summed E-state index contributed by atoms with van der Waals surface area (Å²) in [5.74, 6) is -0.118. The fourth-order valence-corrected chi connectivity index (χ4v) is 8.62. The highest BCUT2D eigenvalue weighted by molar-refractivity contribution is 5.97. The molecule has 3 fully saturated rings. The molecule has 14 nitrogen and oxygen atoms in total. The minimum atomic E-state index is -1.26. The molecule has 1 aromatic carbocycles. The lowest BCUT2D eigenvalue weighted by Gasteiger charge is -2.39. The maximum Gasteiger partial charge on any atom is 0.408 e. The summed E-state index contributed by atoms with van der Waals surface area (Å²) in [4.78, 5) is 62.4. The number of pyridine rings is 1. The van der Waals surface area contributed by atoms with Gasteiger partial charge in [0, 0.05) is 30.2 Å². The van der Waals surface area contributed by atoms with Crippen LogP contribution < -0.4 is 24.8 Å². The maximum absolute atomic E-state index is 14.8. The molecule has 54 heavy (non-hydrogen) atoms. The highest BCUT2D eigenvalue weighted by Gasteiger charge is 2.63. The monoisotopic (exact) mass is 746 g/mol. The van der Waals surface area contributed by atoms with Crippen LogP contribution in [0.25, 0.3) is 10.9 Å². The molecule has 0 radical (unpaired) electrons. The van der Waals surface area contributed by atoms with Gasteiger partial charge in [0.25, 0.3) is 0 Å². The van der Waals surface area contributed by atoms with E-state index in [4.69, 9.17) is 28.7 Å². The standard InChI is InChI=1S/C40H50N4O10/c1-5-50-36(48)40-17-23(40)11-9-7-6-8-10-12-25(42-37(49)54-38(2,3)4)35(47)44-20-39(18-26(44)34(46)43-40)19-27(45)30-29-24(15-16-28-32(29)52-21-51-28)41-31(22-13-14-22)33(30)53-39/h9,11,15-16,22-23,25-27,45H,5-8,10,12-14,17-21H2,1-4H3,(H,42,49)(H,43,46).